The third-order valence-corrected chi connectivity index (χ3v) is 1.65. The molecule has 14 heavy (non-hydrogen) atoms. The Hall–Kier alpha value is -1.79. The summed E-state index contributed by atoms with van der Waals surface area (Å²) in [5.41, 5.74) is 4.64. The van der Waals surface area contributed by atoms with Gasteiger partial charge in [-0.05, 0) is 12.1 Å². The minimum absolute atomic E-state index is 0.0303. The van der Waals surface area contributed by atoms with Crippen LogP contribution in [0.4, 0.5) is 19.1 Å². The van der Waals surface area contributed by atoms with Crippen LogP contribution in [-0.2, 0) is 6.18 Å². The van der Waals surface area contributed by atoms with E-state index in [-0.39, 0.29) is 11.6 Å². The van der Waals surface area contributed by atoms with Crippen LogP contribution in [0.5, 0.6) is 0 Å². The lowest BCUT2D eigenvalue weighted by atomic mass is 10.3. The summed E-state index contributed by atoms with van der Waals surface area (Å²) in [5.74, 6) is 0.0480. The molecule has 0 atom stereocenters. The van der Waals surface area contributed by atoms with Crippen LogP contribution < -0.4 is 5.73 Å². The van der Waals surface area contributed by atoms with Crippen LogP contribution in [0.3, 0.4) is 0 Å². The maximum absolute atomic E-state index is 12.2. The molecular weight excluding hydrogens is 197 g/mol. The van der Waals surface area contributed by atoms with Gasteiger partial charge in [0.25, 0.3) is 0 Å². The number of H-pyrrole nitrogens is 1. The van der Waals surface area contributed by atoms with Crippen molar-refractivity contribution in [2.24, 2.45) is 0 Å². The van der Waals surface area contributed by atoms with E-state index < -0.39 is 11.9 Å². The van der Waals surface area contributed by atoms with E-state index in [1.165, 1.54) is 6.07 Å². The van der Waals surface area contributed by atoms with Crippen molar-refractivity contribution in [2.45, 2.75) is 6.18 Å². The molecule has 0 amide bonds. The SMILES string of the molecule is Nc1nc2nc(C(F)(F)F)ccc2[nH]1. The zero-order valence-electron chi connectivity index (χ0n) is 6.76. The lowest BCUT2D eigenvalue weighted by molar-refractivity contribution is -0.141. The zero-order chi connectivity index (χ0) is 10.3. The highest BCUT2D eigenvalue weighted by Crippen LogP contribution is 2.28. The lowest BCUT2D eigenvalue weighted by Gasteiger charge is -2.03. The summed E-state index contributed by atoms with van der Waals surface area (Å²) >= 11 is 0. The van der Waals surface area contributed by atoms with Gasteiger partial charge in [-0.3, -0.25) is 0 Å². The van der Waals surface area contributed by atoms with Gasteiger partial charge >= 0.3 is 6.18 Å². The fourth-order valence-electron chi connectivity index (χ4n) is 1.07. The number of aromatic amines is 1. The zero-order valence-corrected chi connectivity index (χ0v) is 6.76. The molecule has 4 nitrogen and oxygen atoms in total. The molecule has 0 aromatic carbocycles. The monoisotopic (exact) mass is 202 g/mol. The highest BCUT2D eigenvalue weighted by Gasteiger charge is 2.32. The van der Waals surface area contributed by atoms with Gasteiger partial charge in [-0.1, -0.05) is 0 Å². The van der Waals surface area contributed by atoms with Crippen molar-refractivity contribution in [3.05, 3.63) is 17.8 Å². The van der Waals surface area contributed by atoms with E-state index in [0.717, 1.165) is 6.07 Å². The summed E-state index contributed by atoms with van der Waals surface area (Å²) < 4.78 is 36.6. The number of rotatable bonds is 0. The molecule has 0 unspecified atom stereocenters. The summed E-state index contributed by atoms with van der Waals surface area (Å²) in [6.45, 7) is 0. The number of nitrogens with two attached hydrogens (primary N) is 1. The molecule has 2 aromatic rings. The van der Waals surface area contributed by atoms with Crippen LogP contribution in [-0.4, -0.2) is 15.0 Å². The van der Waals surface area contributed by atoms with Gasteiger partial charge in [0.05, 0.1) is 5.52 Å². The summed E-state index contributed by atoms with van der Waals surface area (Å²) in [7, 11) is 0. The number of halogens is 3. The van der Waals surface area contributed by atoms with Gasteiger partial charge in [-0.2, -0.15) is 18.2 Å². The number of imidazole rings is 1. The molecular formula is C7H5F3N4. The number of nitrogens with one attached hydrogen (secondary N) is 1. The number of fused-ring (bicyclic) bond motifs is 1. The van der Waals surface area contributed by atoms with Gasteiger partial charge in [-0.15, -0.1) is 0 Å². The molecule has 0 spiro atoms. The summed E-state index contributed by atoms with van der Waals surface area (Å²) in [5, 5.41) is 0. The van der Waals surface area contributed by atoms with E-state index in [2.05, 4.69) is 15.0 Å². The van der Waals surface area contributed by atoms with Gasteiger partial charge in [0.2, 0.25) is 0 Å². The molecule has 2 heterocycles. The first-order valence-corrected chi connectivity index (χ1v) is 3.66. The van der Waals surface area contributed by atoms with Crippen LogP contribution in [0, 0.1) is 0 Å². The maximum Gasteiger partial charge on any atom is 0.433 e. The fourth-order valence-corrected chi connectivity index (χ4v) is 1.07. The van der Waals surface area contributed by atoms with Crippen molar-refractivity contribution in [3.8, 4) is 0 Å². The molecule has 3 N–H and O–H groups in total. The Morgan fingerprint density at radius 1 is 1.21 bits per heavy atom. The molecule has 2 rings (SSSR count). The lowest BCUT2D eigenvalue weighted by Crippen LogP contribution is -2.07. The van der Waals surface area contributed by atoms with Gasteiger partial charge in [0.15, 0.2) is 11.6 Å². The highest BCUT2D eigenvalue weighted by atomic mass is 19.4. The number of hydrogen-bond donors (Lipinski definition) is 2. The Morgan fingerprint density at radius 2 is 1.93 bits per heavy atom. The number of nitrogens with zero attached hydrogens (tertiary/aromatic N) is 2. The second-order valence-corrected chi connectivity index (χ2v) is 2.69. The van der Waals surface area contributed by atoms with E-state index >= 15 is 0 Å². The van der Waals surface area contributed by atoms with Crippen molar-refractivity contribution in [3.63, 3.8) is 0 Å². The molecule has 0 bridgehead atoms. The van der Waals surface area contributed by atoms with Crippen molar-refractivity contribution in [1.29, 1.82) is 0 Å². The molecule has 7 heteroatoms. The number of hydrogen-bond acceptors (Lipinski definition) is 3. The first-order valence-electron chi connectivity index (χ1n) is 3.66. The molecule has 0 aliphatic carbocycles. The Morgan fingerprint density at radius 3 is 2.57 bits per heavy atom. The Balaban J connectivity index is 2.62. The van der Waals surface area contributed by atoms with Crippen molar-refractivity contribution in [1.82, 2.24) is 15.0 Å². The summed E-state index contributed by atoms with van der Waals surface area (Å²) in [6.07, 6.45) is -4.46. The van der Waals surface area contributed by atoms with Gasteiger partial charge in [0, 0.05) is 0 Å². The molecule has 0 aliphatic heterocycles. The van der Waals surface area contributed by atoms with Gasteiger partial charge in [-0.25, -0.2) is 4.98 Å². The molecule has 2 aromatic heterocycles. The minimum Gasteiger partial charge on any atom is -0.369 e. The summed E-state index contributed by atoms with van der Waals surface area (Å²) in [6, 6.07) is 2.12. The third-order valence-electron chi connectivity index (χ3n) is 1.65. The van der Waals surface area contributed by atoms with Crippen LogP contribution in [0.25, 0.3) is 11.2 Å². The predicted molar refractivity (Wildman–Crippen MR) is 43.3 cm³/mol. The third kappa shape index (κ3) is 1.36. The van der Waals surface area contributed by atoms with E-state index in [4.69, 9.17) is 5.73 Å². The second kappa shape index (κ2) is 2.60. The van der Waals surface area contributed by atoms with Crippen LogP contribution >= 0.6 is 0 Å². The first kappa shape index (κ1) is 8.79. The molecule has 0 saturated carbocycles. The largest absolute Gasteiger partial charge is 0.433 e. The fraction of sp³-hybridized carbons (Fsp3) is 0.143. The first-order chi connectivity index (χ1) is 6.47. The van der Waals surface area contributed by atoms with Crippen molar-refractivity contribution in [2.75, 3.05) is 5.73 Å². The topological polar surface area (TPSA) is 67.6 Å². The van der Waals surface area contributed by atoms with Crippen LogP contribution in [0.15, 0.2) is 12.1 Å². The standard InChI is InChI=1S/C7H5F3N4/c8-7(9,10)4-2-1-3-5(13-4)14-6(11)12-3/h1-2H,(H3,11,12,13,14). The molecule has 0 fully saturated rings. The molecule has 74 valence electrons. The molecule has 0 radical (unpaired) electrons. The van der Waals surface area contributed by atoms with Crippen molar-refractivity contribution < 1.29 is 13.2 Å². The number of alkyl halides is 3. The Bertz CT molecular complexity index is 473. The molecule has 0 saturated heterocycles. The number of nitrogen functional groups attached to an aromatic ring is 1. The number of pyridine rings is 1. The Kier molecular flexibility index (Phi) is 1.63. The maximum atomic E-state index is 12.2. The molecule has 0 aliphatic rings. The Labute approximate surface area is 76.0 Å². The van der Waals surface area contributed by atoms with Gasteiger partial charge in [0.1, 0.15) is 5.69 Å². The van der Waals surface area contributed by atoms with E-state index in [1.54, 1.807) is 0 Å². The van der Waals surface area contributed by atoms with E-state index in [1.807, 2.05) is 0 Å². The van der Waals surface area contributed by atoms with Crippen LogP contribution in [0.2, 0.25) is 0 Å². The number of anilines is 1. The van der Waals surface area contributed by atoms with Gasteiger partial charge < -0.3 is 10.7 Å². The normalized spacial score (nSPS) is 12.2. The average molecular weight is 202 g/mol. The van der Waals surface area contributed by atoms with E-state index in [9.17, 15) is 13.2 Å². The van der Waals surface area contributed by atoms with Crippen molar-refractivity contribution >= 4 is 17.1 Å². The van der Waals surface area contributed by atoms with E-state index in [0.29, 0.717) is 5.52 Å². The smallest absolute Gasteiger partial charge is 0.369 e. The average Bonchev–Trinajstić information content (AvgIpc) is 2.41. The predicted octanol–water partition coefficient (Wildman–Crippen LogP) is 1.56. The number of aromatic nitrogens is 3. The second-order valence-electron chi connectivity index (χ2n) is 2.69. The quantitative estimate of drug-likeness (QED) is 0.681. The summed E-state index contributed by atoms with van der Waals surface area (Å²) in [4.78, 5) is 9.49. The van der Waals surface area contributed by atoms with Crippen LogP contribution in [0.1, 0.15) is 5.69 Å². The highest BCUT2D eigenvalue weighted by molar-refractivity contribution is 5.72. The minimum atomic E-state index is -4.46.